The molecule has 0 spiro atoms. The summed E-state index contributed by atoms with van der Waals surface area (Å²) in [5, 5.41) is 0. The van der Waals surface area contributed by atoms with Crippen molar-refractivity contribution in [3.63, 3.8) is 0 Å². The van der Waals surface area contributed by atoms with Gasteiger partial charge in [0.05, 0.1) is 23.3 Å². The molecule has 5 nitrogen and oxygen atoms in total. The molecule has 0 fully saturated rings. The summed E-state index contributed by atoms with van der Waals surface area (Å²) in [5.41, 5.74) is 0.710. The zero-order valence-corrected chi connectivity index (χ0v) is 11.0. The van der Waals surface area contributed by atoms with E-state index in [2.05, 4.69) is 4.74 Å². The van der Waals surface area contributed by atoms with E-state index in [-0.39, 0.29) is 22.6 Å². The molecule has 0 aliphatic heterocycles. The van der Waals surface area contributed by atoms with Crippen molar-refractivity contribution in [1.82, 2.24) is 0 Å². The van der Waals surface area contributed by atoms with Crippen LogP contribution in [0.5, 0.6) is 0 Å². The number of sulfone groups is 1. The Kier molecular flexibility index (Phi) is 4.61. The van der Waals surface area contributed by atoms with Gasteiger partial charge in [0.1, 0.15) is 6.29 Å². The molecule has 18 heavy (non-hydrogen) atoms. The minimum absolute atomic E-state index is 0.0623. The van der Waals surface area contributed by atoms with Crippen LogP contribution in [0.1, 0.15) is 22.3 Å². The maximum absolute atomic E-state index is 12.0. The number of benzene rings is 1. The van der Waals surface area contributed by atoms with Gasteiger partial charge in [-0.25, -0.2) is 13.2 Å². The highest BCUT2D eigenvalue weighted by molar-refractivity contribution is 7.91. The van der Waals surface area contributed by atoms with Gasteiger partial charge in [0, 0.05) is 6.42 Å². The van der Waals surface area contributed by atoms with Crippen molar-refractivity contribution in [1.29, 1.82) is 0 Å². The summed E-state index contributed by atoms with van der Waals surface area (Å²) in [5.74, 6) is -0.857. The number of carbonyl (C=O) groups excluding carboxylic acids is 2. The van der Waals surface area contributed by atoms with Crippen LogP contribution in [0.3, 0.4) is 0 Å². The van der Waals surface area contributed by atoms with Crippen LogP contribution in [0.2, 0.25) is 0 Å². The third-order valence-electron chi connectivity index (χ3n) is 2.45. The van der Waals surface area contributed by atoms with Gasteiger partial charge in [-0.1, -0.05) is 6.07 Å². The third-order valence-corrected chi connectivity index (χ3v) is 4.33. The average Bonchev–Trinajstić information content (AvgIpc) is 2.35. The van der Waals surface area contributed by atoms with Crippen LogP contribution in [0.15, 0.2) is 23.1 Å². The van der Waals surface area contributed by atoms with Gasteiger partial charge in [0.25, 0.3) is 0 Å². The molecule has 1 aromatic carbocycles. The van der Waals surface area contributed by atoms with Gasteiger partial charge in [-0.15, -0.1) is 0 Å². The van der Waals surface area contributed by atoms with E-state index in [0.29, 0.717) is 11.8 Å². The van der Waals surface area contributed by atoms with Gasteiger partial charge >= 0.3 is 5.97 Å². The zero-order valence-electron chi connectivity index (χ0n) is 10.2. The van der Waals surface area contributed by atoms with Crippen LogP contribution in [-0.2, 0) is 19.4 Å². The number of ether oxygens (including phenoxy) is 1. The normalized spacial score (nSPS) is 11.0. The Hall–Kier alpha value is -1.69. The fourth-order valence-electron chi connectivity index (χ4n) is 1.49. The number of rotatable bonds is 5. The fraction of sp³-hybridized carbons (Fsp3) is 0.333. The van der Waals surface area contributed by atoms with Crippen molar-refractivity contribution in [2.45, 2.75) is 18.2 Å². The molecule has 0 amide bonds. The predicted molar refractivity (Wildman–Crippen MR) is 65.3 cm³/mol. The monoisotopic (exact) mass is 270 g/mol. The summed E-state index contributed by atoms with van der Waals surface area (Å²) < 4.78 is 28.5. The van der Waals surface area contributed by atoms with Gasteiger partial charge in [0.2, 0.25) is 0 Å². The van der Waals surface area contributed by atoms with Gasteiger partial charge in [0.15, 0.2) is 9.84 Å². The first-order valence-electron chi connectivity index (χ1n) is 5.27. The Morgan fingerprint density at radius 3 is 2.61 bits per heavy atom. The van der Waals surface area contributed by atoms with Crippen LogP contribution in [0, 0.1) is 6.92 Å². The molecule has 0 saturated carbocycles. The van der Waals surface area contributed by atoms with Gasteiger partial charge < -0.3 is 9.53 Å². The molecule has 0 radical (unpaired) electrons. The molecule has 0 aliphatic rings. The molecular formula is C12H14O5S. The molecule has 0 aliphatic carbocycles. The molecule has 1 aromatic rings. The number of aldehydes is 1. The molecule has 0 saturated heterocycles. The standard InChI is InChI=1S/C12H14O5S/c1-9-4-5-10(12(14)17-2)8-11(9)18(15,16)7-3-6-13/h4-6,8H,3,7H2,1-2H3. The summed E-state index contributed by atoms with van der Waals surface area (Å²) in [6.45, 7) is 1.63. The number of esters is 1. The molecule has 0 aromatic heterocycles. The second-order valence-electron chi connectivity index (χ2n) is 3.75. The molecule has 0 N–H and O–H groups in total. The minimum Gasteiger partial charge on any atom is -0.465 e. The average molecular weight is 270 g/mol. The van der Waals surface area contributed by atoms with E-state index < -0.39 is 15.8 Å². The van der Waals surface area contributed by atoms with Crippen molar-refractivity contribution >= 4 is 22.1 Å². The largest absolute Gasteiger partial charge is 0.465 e. The first kappa shape index (κ1) is 14.4. The highest BCUT2D eigenvalue weighted by Gasteiger charge is 2.19. The lowest BCUT2D eigenvalue weighted by molar-refractivity contribution is -0.107. The zero-order chi connectivity index (χ0) is 13.8. The van der Waals surface area contributed by atoms with Crippen LogP contribution in [-0.4, -0.2) is 33.5 Å². The molecular weight excluding hydrogens is 256 g/mol. The number of methoxy groups -OCH3 is 1. The lowest BCUT2D eigenvalue weighted by atomic mass is 10.1. The molecule has 98 valence electrons. The Balaban J connectivity index is 3.23. The van der Waals surface area contributed by atoms with Crippen molar-refractivity contribution in [3.05, 3.63) is 29.3 Å². The second-order valence-corrected chi connectivity index (χ2v) is 5.82. The molecule has 0 heterocycles. The first-order valence-corrected chi connectivity index (χ1v) is 6.93. The van der Waals surface area contributed by atoms with E-state index in [9.17, 15) is 18.0 Å². The SMILES string of the molecule is COC(=O)c1ccc(C)c(S(=O)(=O)CCC=O)c1. The molecule has 1 rings (SSSR count). The van der Waals surface area contributed by atoms with E-state index >= 15 is 0 Å². The van der Waals surface area contributed by atoms with Gasteiger partial charge in [-0.2, -0.15) is 0 Å². The summed E-state index contributed by atoms with van der Waals surface area (Å²) in [6.07, 6.45) is 0.487. The van der Waals surface area contributed by atoms with Crippen LogP contribution in [0.25, 0.3) is 0 Å². The molecule has 0 bridgehead atoms. The Morgan fingerprint density at radius 2 is 2.06 bits per heavy atom. The van der Waals surface area contributed by atoms with E-state index in [4.69, 9.17) is 0 Å². The molecule has 6 heteroatoms. The minimum atomic E-state index is -3.56. The number of hydrogen-bond donors (Lipinski definition) is 0. The Morgan fingerprint density at radius 1 is 1.39 bits per heavy atom. The fourth-order valence-corrected chi connectivity index (χ4v) is 2.98. The predicted octanol–water partition coefficient (Wildman–Crippen LogP) is 1.14. The smallest absolute Gasteiger partial charge is 0.337 e. The number of carbonyl (C=O) groups is 2. The van der Waals surface area contributed by atoms with Gasteiger partial charge in [-0.3, -0.25) is 0 Å². The van der Waals surface area contributed by atoms with Crippen molar-refractivity contribution in [3.8, 4) is 0 Å². The Bertz CT molecular complexity index is 560. The van der Waals surface area contributed by atoms with E-state index in [1.54, 1.807) is 13.0 Å². The topological polar surface area (TPSA) is 77.5 Å². The lowest BCUT2D eigenvalue weighted by Gasteiger charge is -2.08. The number of aryl methyl sites for hydroxylation is 1. The van der Waals surface area contributed by atoms with Crippen molar-refractivity contribution in [2.24, 2.45) is 0 Å². The van der Waals surface area contributed by atoms with Crippen molar-refractivity contribution < 1.29 is 22.7 Å². The van der Waals surface area contributed by atoms with Crippen LogP contribution >= 0.6 is 0 Å². The third kappa shape index (κ3) is 3.16. The lowest BCUT2D eigenvalue weighted by Crippen LogP contribution is -2.11. The summed E-state index contributed by atoms with van der Waals surface area (Å²) in [4.78, 5) is 21.7. The molecule has 0 atom stereocenters. The maximum Gasteiger partial charge on any atom is 0.337 e. The first-order chi connectivity index (χ1) is 8.42. The summed E-state index contributed by atoms with van der Waals surface area (Å²) >= 11 is 0. The van der Waals surface area contributed by atoms with E-state index in [0.717, 1.165) is 0 Å². The quantitative estimate of drug-likeness (QED) is 0.592. The van der Waals surface area contributed by atoms with Crippen molar-refractivity contribution in [2.75, 3.05) is 12.9 Å². The van der Waals surface area contributed by atoms with Crippen LogP contribution in [0.4, 0.5) is 0 Å². The Labute approximate surface area is 106 Å². The van der Waals surface area contributed by atoms with E-state index in [1.165, 1.54) is 19.2 Å². The van der Waals surface area contributed by atoms with Gasteiger partial charge in [-0.05, 0) is 24.6 Å². The highest BCUT2D eigenvalue weighted by Crippen LogP contribution is 2.19. The summed E-state index contributed by atoms with van der Waals surface area (Å²) in [7, 11) is -2.33. The maximum atomic E-state index is 12.0. The highest BCUT2D eigenvalue weighted by atomic mass is 32.2. The molecule has 0 unspecified atom stereocenters. The second kappa shape index (κ2) is 5.77. The summed E-state index contributed by atoms with van der Waals surface area (Å²) in [6, 6.07) is 4.32. The number of hydrogen-bond acceptors (Lipinski definition) is 5. The van der Waals surface area contributed by atoms with E-state index in [1.807, 2.05) is 0 Å². The van der Waals surface area contributed by atoms with Crippen LogP contribution < -0.4 is 0 Å².